The molecular formula is C16H21F3N2O2. The molecule has 3 unspecified atom stereocenters. The van der Waals surface area contributed by atoms with E-state index in [1.807, 2.05) is 6.92 Å². The molecule has 2 N–H and O–H groups in total. The molecule has 1 aliphatic rings. The van der Waals surface area contributed by atoms with Crippen LogP contribution in [0.3, 0.4) is 0 Å². The number of hydrogen-bond donors (Lipinski definition) is 1. The molecule has 0 aliphatic carbocycles. The number of amides is 1. The Morgan fingerprint density at radius 1 is 1.39 bits per heavy atom. The number of benzene rings is 1. The standard InChI is InChI=1S/C16H21F3N2O2/c1-10-9-12(20)7-8-21(10)15(22)11(2)23-14-6-4-3-5-13(14)16(17,18)19/h3-6,10-12H,7-9,20H2,1-2H3. The van der Waals surface area contributed by atoms with E-state index < -0.39 is 17.8 Å². The highest BCUT2D eigenvalue weighted by Crippen LogP contribution is 2.36. The summed E-state index contributed by atoms with van der Waals surface area (Å²) in [6, 6.07) is 4.91. The van der Waals surface area contributed by atoms with Crippen molar-refractivity contribution in [2.24, 2.45) is 5.73 Å². The van der Waals surface area contributed by atoms with Gasteiger partial charge in [0.2, 0.25) is 0 Å². The van der Waals surface area contributed by atoms with Crippen LogP contribution >= 0.6 is 0 Å². The van der Waals surface area contributed by atoms with Gasteiger partial charge in [0.1, 0.15) is 5.75 Å². The molecule has 1 amide bonds. The summed E-state index contributed by atoms with van der Waals surface area (Å²) in [7, 11) is 0. The highest BCUT2D eigenvalue weighted by molar-refractivity contribution is 5.81. The second-order valence-electron chi connectivity index (χ2n) is 5.92. The molecular weight excluding hydrogens is 309 g/mol. The van der Waals surface area contributed by atoms with Gasteiger partial charge in [0.15, 0.2) is 6.10 Å². The van der Waals surface area contributed by atoms with Gasteiger partial charge in [-0.1, -0.05) is 12.1 Å². The van der Waals surface area contributed by atoms with Gasteiger partial charge >= 0.3 is 6.18 Å². The lowest BCUT2D eigenvalue weighted by molar-refractivity contribution is -0.145. The number of carbonyl (C=O) groups is 1. The van der Waals surface area contributed by atoms with E-state index >= 15 is 0 Å². The third-order valence-electron chi connectivity index (χ3n) is 4.04. The molecule has 23 heavy (non-hydrogen) atoms. The summed E-state index contributed by atoms with van der Waals surface area (Å²) in [5.41, 5.74) is 4.98. The van der Waals surface area contributed by atoms with Crippen molar-refractivity contribution in [3.8, 4) is 5.75 Å². The van der Waals surface area contributed by atoms with Crippen LogP contribution in [0.2, 0.25) is 0 Å². The molecule has 1 aromatic carbocycles. The van der Waals surface area contributed by atoms with Crippen LogP contribution in [0, 0.1) is 0 Å². The van der Waals surface area contributed by atoms with Crippen molar-refractivity contribution in [2.45, 2.75) is 51.1 Å². The number of halogens is 3. The molecule has 3 atom stereocenters. The molecule has 0 saturated carbocycles. The lowest BCUT2D eigenvalue weighted by Crippen LogP contribution is -2.52. The van der Waals surface area contributed by atoms with Crippen molar-refractivity contribution in [1.29, 1.82) is 0 Å². The minimum absolute atomic E-state index is 0.0461. The Balaban J connectivity index is 2.10. The van der Waals surface area contributed by atoms with Crippen LogP contribution in [-0.2, 0) is 11.0 Å². The number of carbonyl (C=O) groups excluding carboxylic acids is 1. The molecule has 0 aromatic heterocycles. The summed E-state index contributed by atoms with van der Waals surface area (Å²) >= 11 is 0. The van der Waals surface area contributed by atoms with E-state index in [1.54, 1.807) is 4.90 Å². The Labute approximate surface area is 133 Å². The number of piperidine rings is 1. The van der Waals surface area contributed by atoms with Crippen LogP contribution in [0.25, 0.3) is 0 Å². The highest BCUT2D eigenvalue weighted by Gasteiger charge is 2.36. The second-order valence-corrected chi connectivity index (χ2v) is 5.92. The van der Waals surface area contributed by atoms with Gasteiger partial charge in [-0.2, -0.15) is 13.2 Å². The molecule has 0 bridgehead atoms. The smallest absolute Gasteiger partial charge is 0.419 e. The molecule has 1 saturated heterocycles. The van der Waals surface area contributed by atoms with Gasteiger partial charge in [-0.05, 0) is 38.8 Å². The fourth-order valence-corrected chi connectivity index (χ4v) is 2.81. The predicted molar refractivity (Wildman–Crippen MR) is 79.9 cm³/mol. The number of rotatable bonds is 3. The third kappa shape index (κ3) is 4.16. The van der Waals surface area contributed by atoms with Crippen molar-refractivity contribution in [2.75, 3.05) is 6.54 Å². The SMILES string of the molecule is CC(Oc1ccccc1C(F)(F)F)C(=O)N1CCC(N)CC1C. The van der Waals surface area contributed by atoms with Crippen LogP contribution in [0.4, 0.5) is 13.2 Å². The topological polar surface area (TPSA) is 55.6 Å². The zero-order chi connectivity index (χ0) is 17.2. The van der Waals surface area contributed by atoms with Gasteiger partial charge in [-0.3, -0.25) is 4.79 Å². The Hall–Kier alpha value is -1.76. The molecule has 1 heterocycles. The van der Waals surface area contributed by atoms with E-state index in [4.69, 9.17) is 10.5 Å². The average molecular weight is 330 g/mol. The van der Waals surface area contributed by atoms with Crippen molar-refractivity contribution < 1.29 is 22.7 Å². The fourth-order valence-electron chi connectivity index (χ4n) is 2.81. The summed E-state index contributed by atoms with van der Waals surface area (Å²) < 4.78 is 44.2. The van der Waals surface area contributed by atoms with Crippen LogP contribution in [0.1, 0.15) is 32.3 Å². The molecule has 0 spiro atoms. The first-order chi connectivity index (χ1) is 10.7. The maximum atomic E-state index is 13.0. The maximum absolute atomic E-state index is 13.0. The number of likely N-dealkylation sites (tertiary alicyclic amines) is 1. The van der Waals surface area contributed by atoms with Crippen LogP contribution < -0.4 is 10.5 Å². The molecule has 4 nitrogen and oxygen atoms in total. The summed E-state index contributed by atoms with van der Waals surface area (Å²) in [5, 5.41) is 0. The first-order valence-electron chi connectivity index (χ1n) is 7.59. The Kier molecular flexibility index (Phi) is 5.19. The number of nitrogens with zero attached hydrogens (tertiary/aromatic N) is 1. The monoisotopic (exact) mass is 330 g/mol. The van der Waals surface area contributed by atoms with Crippen LogP contribution in [0.5, 0.6) is 5.75 Å². The lowest BCUT2D eigenvalue weighted by Gasteiger charge is -2.37. The Morgan fingerprint density at radius 3 is 2.65 bits per heavy atom. The van der Waals surface area contributed by atoms with Gasteiger partial charge in [0, 0.05) is 18.6 Å². The quantitative estimate of drug-likeness (QED) is 0.927. The molecule has 7 heteroatoms. The van der Waals surface area contributed by atoms with Gasteiger partial charge in [0.05, 0.1) is 5.56 Å². The van der Waals surface area contributed by atoms with E-state index in [2.05, 4.69) is 0 Å². The summed E-state index contributed by atoms with van der Waals surface area (Å²) in [5.74, 6) is -0.649. The minimum atomic E-state index is -4.52. The number of ether oxygens (including phenoxy) is 1. The van der Waals surface area contributed by atoms with E-state index in [1.165, 1.54) is 25.1 Å². The van der Waals surface area contributed by atoms with Crippen LogP contribution in [0.15, 0.2) is 24.3 Å². The van der Waals surface area contributed by atoms with Crippen molar-refractivity contribution in [3.05, 3.63) is 29.8 Å². The number of para-hydroxylation sites is 1. The molecule has 1 aromatic rings. The average Bonchev–Trinajstić information content (AvgIpc) is 2.46. The first-order valence-corrected chi connectivity index (χ1v) is 7.59. The third-order valence-corrected chi connectivity index (χ3v) is 4.04. The largest absolute Gasteiger partial charge is 0.480 e. The van der Waals surface area contributed by atoms with E-state index in [0.29, 0.717) is 19.4 Å². The predicted octanol–water partition coefficient (Wildman–Crippen LogP) is 2.81. The van der Waals surface area contributed by atoms with Crippen molar-refractivity contribution in [1.82, 2.24) is 4.90 Å². The highest BCUT2D eigenvalue weighted by atomic mass is 19.4. The van der Waals surface area contributed by atoms with Crippen LogP contribution in [-0.4, -0.2) is 35.5 Å². The van der Waals surface area contributed by atoms with Gasteiger partial charge < -0.3 is 15.4 Å². The van der Waals surface area contributed by atoms with Crippen molar-refractivity contribution >= 4 is 5.91 Å². The molecule has 1 fully saturated rings. The molecule has 128 valence electrons. The first kappa shape index (κ1) is 17.6. The van der Waals surface area contributed by atoms with E-state index in [-0.39, 0.29) is 23.7 Å². The number of hydrogen-bond acceptors (Lipinski definition) is 3. The van der Waals surface area contributed by atoms with Crippen molar-refractivity contribution in [3.63, 3.8) is 0 Å². The molecule has 2 rings (SSSR count). The Morgan fingerprint density at radius 2 is 2.04 bits per heavy atom. The van der Waals surface area contributed by atoms with E-state index in [0.717, 1.165) is 6.07 Å². The second kappa shape index (κ2) is 6.78. The summed E-state index contributed by atoms with van der Waals surface area (Å²) in [6.45, 7) is 3.85. The molecule has 0 radical (unpaired) electrons. The summed E-state index contributed by atoms with van der Waals surface area (Å²) in [6.07, 6.45) is -4.15. The lowest BCUT2D eigenvalue weighted by atomic mass is 9.98. The van der Waals surface area contributed by atoms with Gasteiger partial charge in [0.25, 0.3) is 5.91 Å². The normalized spacial score (nSPS) is 23.5. The van der Waals surface area contributed by atoms with Gasteiger partial charge in [-0.25, -0.2) is 0 Å². The number of nitrogens with two attached hydrogens (primary N) is 1. The minimum Gasteiger partial charge on any atom is -0.480 e. The van der Waals surface area contributed by atoms with Gasteiger partial charge in [-0.15, -0.1) is 0 Å². The Bertz CT molecular complexity index is 563. The maximum Gasteiger partial charge on any atom is 0.419 e. The summed E-state index contributed by atoms with van der Waals surface area (Å²) in [4.78, 5) is 14.1. The van der Waals surface area contributed by atoms with E-state index in [9.17, 15) is 18.0 Å². The number of alkyl halides is 3. The fraction of sp³-hybridized carbons (Fsp3) is 0.562. The zero-order valence-electron chi connectivity index (χ0n) is 13.1. The zero-order valence-corrected chi connectivity index (χ0v) is 13.1. The molecule has 1 aliphatic heterocycles.